The summed E-state index contributed by atoms with van der Waals surface area (Å²) in [4.78, 5) is 9.99. The smallest absolute Gasteiger partial charge is 0.271 e. The predicted molar refractivity (Wildman–Crippen MR) is 65.0 cm³/mol. The number of nitro groups is 1. The van der Waals surface area contributed by atoms with Crippen molar-refractivity contribution < 1.29 is 4.92 Å². The van der Waals surface area contributed by atoms with Crippen molar-refractivity contribution in [3.05, 3.63) is 40.0 Å². The molecule has 1 aromatic rings. The van der Waals surface area contributed by atoms with Gasteiger partial charge >= 0.3 is 0 Å². The molecular formula is C10H12N2O2S. The van der Waals surface area contributed by atoms with E-state index >= 15 is 0 Å². The lowest BCUT2D eigenvalue weighted by molar-refractivity contribution is -0.384. The Kier molecular flexibility index (Phi) is 4.17. The van der Waals surface area contributed by atoms with E-state index in [4.69, 9.17) is 5.73 Å². The van der Waals surface area contributed by atoms with Crippen LogP contribution in [-0.2, 0) is 0 Å². The molecule has 1 rings (SSSR count). The van der Waals surface area contributed by atoms with Gasteiger partial charge in [0.15, 0.2) is 0 Å². The maximum Gasteiger partial charge on any atom is 0.271 e. The molecule has 0 saturated carbocycles. The second-order valence-electron chi connectivity index (χ2n) is 2.98. The van der Waals surface area contributed by atoms with E-state index in [-0.39, 0.29) is 5.69 Å². The summed E-state index contributed by atoms with van der Waals surface area (Å²) in [6.07, 6.45) is 4.62. The standard InChI is InChI=1S/C10H12N2O2S/c11-10-7-9(12(13)14)5-4-8(10)3-1-2-6-15/h1,3-5,7,15H,2,6,11H2. The zero-order valence-electron chi connectivity index (χ0n) is 8.09. The number of rotatable bonds is 4. The van der Waals surface area contributed by atoms with Gasteiger partial charge in [0.2, 0.25) is 0 Å². The van der Waals surface area contributed by atoms with Gasteiger partial charge in [-0.15, -0.1) is 0 Å². The molecule has 80 valence electrons. The van der Waals surface area contributed by atoms with Gasteiger partial charge in [0.25, 0.3) is 5.69 Å². The number of nitrogens with two attached hydrogens (primary N) is 1. The molecule has 5 heteroatoms. The van der Waals surface area contributed by atoms with Gasteiger partial charge in [0.05, 0.1) is 4.92 Å². The fraction of sp³-hybridized carbons (Fsp3) is 0.200. The number of benzene rings is 1. The first-order chi connectivity index (χ1) is 7.15. The lowest BCUT2D eigenvalue weighted by atomic mass is 10.1. The molecule has 0 heterocycles. The van der Waals surface area contributed by atoms with Crippen LogP contribution in [0.1, 0.15) is 12.0 Å². The molecule has 0 aromatic heterocycles. The van der Waals surface area contributed by atoms with Crippen LogP contribution in [0.5, 0.6) is 0 Å². The second kappa shape index (κ2) is 5.41. The first kappa shape index (κ1) is 11.6. The average Bonchev–Trinajstić information content (AvgIpc) is 2.20. The second-order valence-corrected chi connectivity index (χ2v) is 3.43. The summed E-state index contributed by atoms with van der Waals surface area (Å²) < 4.78 is 0. The van der Waals surface area contributed by atoms with Gasteiger partial charge in [-0.05, 0) is 23.8 Å². The van der Waals surface area contributed by atoms with Crippen LogP contribution < -0.4 is 5.73 Å². The summed E-state index contributed by atoms with van der Waals surface area (Å²) in [5, 5.41) is 10.4. The molecule has 0 radical (unpaired) electrons. The highest BCUT2D eigenvalue weighted by molar-refractivity contribution is 7.80. The highest BCUT2D eigenvalue weighted by Gasteiger charge is 2.06. The number of nitrogens with zero attached hydrogens (tertiary/aromatic N) is 1. The van der Waals surface area contributed by atoms with Crippen molar-refractivity contribution in [3.63, 3.8) is 0 Å². The Morgan fingerprint density at radius 2 is 2.27 bits per heavy atom. The summed E-state index contributed by atoms with van der Waals surface area (Å²) in [7, 11) is 0. The first-order valence-electron chi connectivity index (χ1n) is 4.46. The lowest BCUT2D eigenvalue weighted by Gasteiger charge is -1.99. The third-order valence-corrected chi connectivity index (χ3v) is 2.13. The minimum Gasteiger partial charge on any atom is -0.398 e. The van der Waals surface area contributed by atoms with Gasteiger partial charge in [-0.3, -0.25) is 10.1 Å². The minimum atomic E-state index is -0.461. The van der Waals surface area contributed by atoms with E-state index in [1.54, 1.807) is 6.07 Å². The number of hydrogen-bond acceptors (Lipinski definition) is 4. The maximum atomic E-state index is 10.4. The lowest BCUT2D eigenvalue weighted by Crippen LogP contribution is -1.93. The summed E-state index contributed by atoms with van der Waals surface area (Å²) in [5.41, 5.74) is 6.89. The molecule has 0 saturated heterocycles. The van der Waals surface area contributed by atoms with Gasteiger partial charge in [0, 0.05) is 17.8 Å². The van der Waals surface area contributed by atoms with E-state index in [9.17, 15) is 10.1 Å². The third kappa shape index (κ3) is 3.28. The molecule has 0 aliphatic rings. The molecule has 0 fully saturated rings. The molecule has 0 aliphatic carbocycles. The quantitative estimate of drug-likeness (QED) is 0.357. The van der Waals surface area contributed by atoms with Crippen molar-refractivity contribution >= 4 is 30.1 Å². The molecule has 2 N–H and O–H groups in total. The maximum absolute atomic E-state index is 10.4. The van der Waals surface area contributed by atoms with Crippen molar-refractivity contribution in [1.29, 1.82) is 0 Å². The Bertz CT molecular complexity index is 391. The van der Waals surface area contributed by atoms with Crippen LogP contribution in [-0.4, -0.2) is 10.7 Å². The Morgan fingerprint density at radius 3 is 2.80 bits per heavy atom. The zero-order chi connectivity index (χ0) is 11.3. The van der Waals surface area contributed by atoms with Crippen LogP contribution in [0.4, 0.5) is 11.4 Å². The number of thiol groups is 1. The third-order valence-electron chi connectivity index (χ3n) is 1.87. The van der Waals surface area contributed by atoms with Gasteiger partial charge in [-0.2, -0.15) is 12.6 Å². The van der Waals surface area contributed by atoms with Crippen molar-refractivity contribution in [3.8, 4) is 0 Å². The number of nitro benzene ring substituents is 1. The van der Waals surface area contributed by atoms with E-state index in [2.05, 4.69) is 12.6 Å². The Hall–Kier alpha value is -1.49. The van der Waals surface area contributed by atoms with Gasteiger partial charge < -0.3 is 5.73 Å². The summed E-state index contributed by atoms with van der Waals surface area (Å²) in [6, 6.07) is 4.44. The van der Waals surface area contributed by atoms with Crippen LogP contribution >= 0.6 is 12.6 Å². The van der Waals surface area contributed by atoms with E-state index in [1.807, 2.05) is 12.2 Å². The number of nitrogen functional groups attached to an aromatic ring is 1. The highest BCUT2D eigenvalue weighted by atomic mass is 32.1. The topological polar surface area (TPSA) is 69.2 Å². The highest BCUT2D eigenvalue weighted by Crippen LogP contribution is 2.20. The Labute approximate surface area is 93.3 Å². The van der Waals surface area contributed by atoms with Crippen molar-refractivity contribution in [2.75, 3.05) is 11.5 Å². The Morgan fingerprint density at radius 1 is 1.53 bits per heavy atom. The van der Waals surface area contributed by atoms with Crippen molar-refractivity contribution in [1.82, 2.24) is 0 Å². The molecule has 0 amide bonds. The van der Waals surface area contributed by atoms with Crippen LogP contribution in [0.15, 0.2) is 24.3 Å². The first-order valence-corrected chi connectivity index (χ1v) is 5.09. The van der Waals surface area contributed by atoms with Gasteiger partial charge in [-0.25, -0.2) is 0 Å². The predicted octanol–water partition coefficient (Wildman–Crippen LogP) is 2.51. The van der Waals surface area contributed by atoms with Gasteiger partial charge in [0.1, 0.15) is 0 Å². The molecule has 15 heavy (non-hydrogen) atoms. The van der Waals surface area contributed by atoms with E-state index in [1.165, 1.54) is 12.1 Å². The van der Waals surface area contributed by atoms with E-state index in [0.29, 0.717) is 5.69 Å². The number of non-ortho nitro benzene ring substituents is 1. The molecule has 0 unspecified atom stereocenters. The van der Waals surface area contributed by atoms with Crippen LogP contribution in [0.3, 0.4) is 0 Å². The monoisotopic (exact) mass is 224 g/mol. The summed E-state index contributed by atoms with van der Waals surface area (Å²) in [5.74, 6) is 0.767. The molecular weight excluding hydrogens is 212 g/mol. The minimum absolute atomic E-state index is 0.0128. The normalized spacial score (nSPS) is 10.7. The summed E-state index contributed by atoms with van der Waals surface area (Å²) >= 11 is 4.06. The largest absolute Gasteiger partial charge is 0.398 e. The molecule has 0 bridgehead atoms. The molecule has 0 atom stereocenters. The SMILES string of the molecule is Nc1cc([N+](=O)[O-])ccc1C=CCCS. The number of hydrogen-bond donors (Lipinski definition) is 2. The average molecular weight is 224 g/mol. The number of allylic oxidation sites excluding steroid dienone is 1. The molecule has 1 aromatic carbocycles. The van der Waals surface area contributed by atoms with Crippen LogP contribution in [0.25, 0.3) is 6.08 Å². The fourth-order valence-electron chi connectivity index (χ4n) is 1.11. The van der Waals surface area contributed by atoms with Crippen molar-refractivity contribution in [2.45, 2.75) is 6.42 Å². The molecule has 0 aliphatic heterocycles. The van der Waals surface area contributed by atoms with Crippen LogP contribution in [0, 0.1) is 10.1 Å². The van der Waals surface area contributed by atoms with Crippen LogP contribution in [0.2, 0.25) is 0 Å². The molecule has 0 spiro atoms. The van der Waals surface area contributed by atoms with Crippen molar-refractivity contribution in [2.24, 2.45) is 0 Å². The fourth-order valence-corrected chi connectivity index (χ4v) is 1.26. The van der Waals surface area contributed by atoms with E-state index < -0.39 is 4.92 Å². The number of anilines is 1. The Balaban J connectivity index is 2.88. The summed E-state index contributed by atoms with van der Waals surface area (Å²) in [6.45, 7) is 0. The molecule has 4 nitrogen and oxygen atoms in total. The van der Waals surface area contributed by atoms with E-state index in [0.717, 1.165) is 17.7 Å². The zero-order valence-corrected chi connectivity index (χ0v) is 8.98. The van der Waals surface area contributed by atoms with Gasteiger partial charge in [-0.1, -0.05) is 12.2 Å².